The Balaban J connectivity index is 2.16. The van der Waals surface area contributed by atoms with Gasteiger partial charge in [0.15, 0.2) is 0 Å². The fraction of sp³-hybridized carbons (Fsp3) is 0.429. The van der Waals surface area contributed by atoms with Crippen LogP contribution in [-0.2, 0) is 10.0 Å². The van der Waals surface area contributed by atoms with Gasteiger partial charge < -0.3 is 5.11 Å². The number of nitrogens with one attached hydrogen (secondary N) is 1. The number of aryl methyl sites for hydroxylation is 2. The van der Waals surface area contributed by atoms with Crippen LogP contribution in [0.2, 0.25) is 0 Å². The largest absolute Gasteiger partial charge is 0.396 e. The summed E-state index contributed by atoms with van der Waals surface area (Å²) in [5, 5.41) is 9.33. The Morgan fingerprint density at radius 3 is 2.08 bits per heavy atom. The van der Waals surface area contributed by atoms with Gasteiger partial charge in [-0.2, -0.15) is 0 Å². The molecule has 2 aromatic carbocycles. The van der Waals surface area contributed by atoms with E-state index in [0.717, 1.165) is 27.8 Å². The van der Waals surface area contributed by atoms with Crippen molar-refractivity contribution in [2.45, 2.75) is 51.3 Å². The molecule has 2 rings (SSSR count). The highest BCUT2D eigenvalue weighted by Gasteiger charge is 2.22. The highest BCUT2D eigenvalue weighted by Crippen LogP contribution is 2.27. The lowest BCUT2D eigenvalue weighted by molar-refractivity contribution is 0.273. The molecule has 0 fully saturated rings. The molecule has 0 saturated carbocycles. The van der Waals surface area contributed by atoms with Gasteiger partial charge >= 0.3 is 0 Å². The number of sulfonamides is 1. The Kier molecular flexibility index (Phi) is 6.98. The van der Waals surface area contributed by atoms with E-state index < -0.39 is 10.0 Å². The summed E-state index contributed by atoms with van der Waals surface area (Å²) in [4.78, 5) is 0.397. The van der Waals surface area contributed by atoms with Crippen LogP contribution in [0.25, 0.3) is 0 Å². The third-order valence-electron chi connectivity index (χ3n) is 5.10. The van der Waals surface area contributed by atoms with E-state index in [4.69, 9.17) is 0 Å². The third kappa shape index (κ3) is 4.72. The van der Waals surface area contributed by atoms with Gasteiger partial charge in [-0.25, -0.2) is 13.1 Å². The Morgan fingerprint density at radius 2 is 1.54 bits per heavy atom. The van der Waals surface area contributed by atoms with Crippen molar-refractivity contribution in [3.63, 3.8) is 0 Å². The second kappa shape index (κ2) is 8.80. The minimum atomic E-state index is -3.57. The SMILES string of the molecule is Cc1cc(C)c(C)c(S(=O)(=O)NCCC(CCO)c2ccccc2)c1C. The van der Waals surface area contributed by atoms with Crippen molar-refractivity contribution < 1.29 is 13.5 Å². The van der Waals surface area contributed by atoms with E-state index in [1.165, 1.54) is 0 Å². The van der Waals surface area contributed by atoms with Crippen molar-refractivity contribution in [2.24, 2.45) is 0 Å². The third-order valence-corrected chi connectivity index (χ3v) is 6.83. The number of aliphatic hydroxyl groups excluding tert-OH is 1. The molecule has 1 unspecified atom stereocenters. The maximum atomic E-state index is 12.9. The lowest BCUT2D eigenvalue weighted by Crippen LogP contribution is -2.28. The van der Waals surface area contributed by atoms with Gasteiger partial charge in [-0.15, -0.1) is 0 Å². The standard InChI is InChI=1S/C21H29NO3S/c1-15-14-16(2)18(4)21(17(15)3)26(24,25)22-12-10-20(11-13-23)19-8-6-5-7-9-19/h5-9,14,20,22-23H,10-13H2,1-4H3. The van der Waals surface area contributed by atoms with Crippen LogP contribution >= 0.6 is 0 Å². The predicted molar refractivity (Wildman–Crippen MR) is 106 cm³/mol. The molecule has 4 nitrogen and oxygen atoms in total. The summed E-state index contributed by atoms with van der Waals surface area (Å²) in [5.41, 5.74) is 4.69. The Labute approximate surface area is 157 Å². The Bertz CT molecular complexity index is 819. The summed E-state index contributed by atoms with van der Waals surface area (Å²) in [5.74, 6) is 0.130. The Morgan fingerprint density at radius 1 is 0.962 bits per heavy atom. The van der Waals surface area contributed by atoms with Crippen molar-refractivity contribution in [3.05, 3.63) is 64.2 Å². The van der Waals surface area contributed by atoms with E-state index in [1.807, 2.05) is 64.1 Å². The molecule has 0 aliphatic heterocycles. The van der Waals surface area contributed by atoms with Gasteiger partial charge in [-0.1, -0.05) is 36.4 Å². The van der Waals surface area contributed by atoms with Crippen LogP contribution in [0.5, 0.6) is 0 Å². The first kappa shape index (κ1) is 20.6. The van der Waals surface area contributed by atoms with Gasteiger partial charge in [-0.05, 0) is 74.3 Å². The highest BCUT2D eigenvalue weighted by molar-refractivity contribution is 7.89. The molecular weight excluding hydrogens is 346 g/mol. The van der Waals surface area contributed by atoms with E-state index in [2.05, 4.69) is 4.72 Å². The quantitative estimate of drug-likeness (QED) is 0.738. The zero-order chi connectivity index (χ0) is 19.3. The van der Waals surface area contributed by atoms with Crippen LogP contribution in [0.3, 0.4) is 0 Å². The molecule has 142 valence electrons. The molecule has 2 N–H and O–H groups in total. The molecule has 2 aromatic rings. The maximum absolute atomic E-state index is 12.9. The zero-order valence-electron chi connectivity index (χ0n) is 16.0. The lowest BCUT2D eigenvalue weighted by atomic mass is 9.93. The molecule has 0 radical (unpaired) electrons. The average Bonchev–Trinajstić information content (AvgIpc) is 2.60. The van der Waals surface area contributed by atoms with Gasteiger partial charge in [-0.3, -0.25) is 0 Å². The number of aliphatic hydroxyl groups is 1. The van der Waals surface area contributed by atoms with E-state index in [9.17, 15) is 13.5 Å². The monoisotopic (exact) mass is 375 g/mol. The zero-order valence-corrected chi connectivity index (χ0v) is 16.9. The van der Waals surface area contributed by atoms with Crippen molar-refractivity contribution in [2.75, 3.05) is 13.2 Å². The van der Waals surface area contributed by atoms with Crippen molar-refractivity contribution >= 4 is 10.0 Å². The summed E-state index contributed by atoms with van der Waals surface area (Å²) in [6.45, 7) is 8.01. The minimum Gasteiger partial charge on any atom is -0.396 e. The minimum absolute atomic E-state index is 0.0849. The van der Waals surface area contributed by atoms with Crippen LogP contribution in [-0.4, -0.2) is 26.7 Å². The first-order valence-corrected chi connectivity index (χ1v) is 10.5. The molecule has 0 aliphatic rings. The summed E-state index contributed by atoms with van der Waals surface area (Å²) in [7, 11) is -3.57. The van der Waals surface area contributed by atoms with Gasteiger partial charge in [0.05, 0.1) is 4.90 Å². The number of hydrogen-bond acceptors (Lipinski definition) is 3. The smallest absolute Gasteiger partial charge is 0.241 e. The number of rotatable bonds is 8. The van der Waals surface area contributed by atoms with Gasteiger partial charge in [0.25, 0.3) is 0 Å². The summed E-state index contributed by atoms with van der Waals surface area (Å²) < 4.78 is 28.5. The van der Waals surface area contributed by atoms with E-state index >= 15 is 0 Å². The molecule has 26 heavy (non-hydrogen) atoms. The molecule has 0 spiro atoms. The molecule has 0 bridgehead atoms. The van der Waals surface area contributed by atoms with Crippen molar-refractivity contribution in [3.8, 4) is 0 Å². The number of hydrogen-bond donors (Lipinski definition) is 2. The number of benzene rings is 2. The summed E-state index contributed by atoms with van der Waals surface area (Å²) >= 11 is 0. The normalized spacial score (nSPS) is 13.0. The summed E-state index contributed by atoms with van der Waals surface area (Å²) in [6.07, 6.45) is 1.26. The van der Waals surface area contributed by atoms with E-state index in [1.54, 1.807) is 0 Å². The van der Waals surface area contributed by atoms with Crippen LogP contribution < -0.4 is 4.72 Å². The van der Waals surface area contributed by atoms with E-state index in [0.29, 0.717) is 24.3 Å². The van der Waals surface area contributed by atoms with Crippen LogP contribution in [0.15, 0.2) is 41.3 Å². The van der Waals surface area contributed by atoms with Crippen LogP contribution in [0.4, 0.5) is 0 Å². The van der Waals surface area contributed by atoms with Gasteiger partial charge in [0.1, 0.15) is 0 Å². The van der Waals surface area contributed by atoms with Crippen molar-refractivity contribution in [1.82, 2.24) is 4.72 Å². The van der Waals surface area contributed by atoms with Crippen LogP contribution in [0.1, 0.15) is 46.6 Å². The van der Waals surface area contributed by atoms with Crippen molar-refractivity contribution in [1.29, 1.82) is 0 Å². The highest BCUT2D eigenvalue weighted by atomic mass is 32.2. The van der Waals surface area contributed by atoms with Gasteiger partial charge in [0, 0.05) is 13.2 Å². The predicted octanol–water partition coefficient (Wildman–Crippen LogP) is 3.75. The topological polar surface area (TPSA) is 66.4 Å². The molecule has 0 aliphatic carbocycles. The molecule has 0 heterocycles. The lowest BCUT2D eigenvalue weighted by Gasteiger charge is -2.19. The molecular formula is C21H29NO3S. The second-order valence-corrected chi connectivity index (χ2v) is 8.60. The first-order valence-electron chi connectivity index (χ1n) is 9.00. The summed E-state index contributed by atoms with van der Waals surface area (Å²) in [6, 6.07) is 11.9. The molecule has 0 amide bonds. The second-order valence-electron chi connectivity index (χ2n) is 6.90. The molecule has 5 heteroatoms. The van der Waals surface area contributed by atoms with E-state index in [-0.39, 0.29) is 12.5 Å². The Hall–Kier alpha value is -1.69. The maximum Gasteiger partial charge on any atom is 0.241 e. The van der Waals surface area contributed by atoms with Crippen LogP contribution in [0, 0.1) is 27.7 Å². The first-order chi connectivity index (χ1) is 12.3. The average molecular weight is 376 g/mol. The molecule has 0 aromatic heterocycles. The fourth-order valence-corrected chi connectivity index (χ4v) is 5.04. The van der Waals surface area contributed by atoms with Gasteiger partial charge in [0.2, 0.25) is 10.0 Å². The fourth-order valence-electron chi connectivity index (χ4n) is 3.38. The molecule has 0 saturated heterocycles. The molecule has 1 atom stereocenters.